The number of H-pyrrole nitrogens is 1. The molecule has 0 aliphatic carbocycles. The molecule has 148 valence electrons. The molecule has 2 aromatic carbocycles. The summed E-state index contributed by atoms with van der Waals surface area (Å²) in [4.78, 5) is 24.2. The number of para-hydroxylation sites is 2. The lowest BCUT2D eigenvalue weighted by molar-refractivity contribution is -0.274. The first kappa shape index (κ1) is 19.3. The summed E-state index contributed by atoms with van der Waals surface area (Å²) < 4.78 is 43.0. The number of aromatic amines is 1. The monoisotopic (exact) mass is 394 g/mol. The molecule has 0 spiro atoms. The molecule has 1 heterocycles. The van der Waals surface area contributed by atoms with Crippen LogP contribution in [0.3, 0.4) is 0 Å². The summed E-state index contributed by atoms with van der Waals surface area (Å²) in [5, 5.41) is 7.90. The summed E-state index contributed by atoms with van der Waals surface area (Å²) in [5.74, 6) is -0.534. The maximum absolute atomic E-state index is 12.5. The summed E-state index contributed by atoms with van der Waals surface area (Å²) in [6.45, 7) is 2.62. The number of nitrogens with zero attached hydrogens (tertiary/aromatic N) is 1. The van der Waals surface area contributed by atoms with E-state index >= 15 is 0 Å². The third-order valence-electron chi connectivity index (χ3n) is 3.83. The quantitative estimate of drug-likeness (QED) is 0.604. The van der Waals surface area contributed by atoms with Crippen molar-refractivity contribution in [1.29, 1.82) is 0 Å². The molecule has 28 heavy (non-hydrogen) atoms. The first-order chi connectivity index (χ1) is 13.3. The zero-order valence-electron chi connectivity index (χ0n) is 14.8. The molecule has 3 rings (SSSR count). The van der Waals surface area contributed by atoms with Gasteiger partial charge in [0.1, 0.15) is 0 Å². The standard InChI is InChI=1S/C18H17F3N4O3/c1-2-9-25-14-8-7-11(10-12(14)16(26)24-25)22-17(27)23-13-5-3-4-6-15(13)28-18(19,20)21/h3-8,10H,2,9H2,1H3,(H,24,26)(H2,22,23,27). The Labute approximate surface area is 157 Å². The van der Waals surface area contributed by atoms with E-state index in [-0.39, 0.29) is 11.2 Å². The normalized spacial score (nSPS) is 11.4. The van der Waals surface area contributed by atoms with Gasteiger partial charge in [0.2, 0.25) is 0 Å². The molecule has 7 nitrogen and oxygen atoms in total. The lowest BCUT2D eigenvalue weighted by atomic mass is 10.2. The van der Waals surface area contributed by atoms with Gasteiger partial charge in [-0.15, -0.1) is 13.2 Å². The lowest BCUT2D eigenvalue weighted by Crippen LogP contribution is -2.22. The second-order valence-electron chi connectivity index (χ2n) is 5.95. The molecule has 0 fully saturated rings. The number of hydrogen-bond acceptors (Lipinski definition) is 3. The number of benzene rings is 2. The van der Waals surface area contributed by atoms with E-state index < -0.39 is 18.1 Å². The van der Waals surface area contributed by atoms with Crippen molar-refractivity contribution < 1.29 is 22.7 Å². The summed E-state index contributed by atoms with van der Waals surface area (Å²) in [6.07, 6.45) is -4.05. The van der Waals surface area contributed by atoms with Crippen LogP contribution in [0.5, 0.6) is 5.75 Å². The topological polar surface area (TPSA) is 88.2 Å². The van der Waals surface area contributed by atoms with E-state index in [2.05, 4.69) is 20.5 Å². The third kappa shape index (κ3) is 4.45. The first-order valence-corrected chi connectivity index (χ1v) is 8.42. The number of rotatable bonds is 5. The lowest BCUT2D eigenvalue weighted by Gasteiger charge is -2.14. The smallest absolute Gasteiger partial charge is 0.404 e. The van der Waals surface area contributed by atoms with Gasteiger partial charge in [-0.1, -0.05) is 19.1 Å². The van der Waals surface area contributed by atoms with Crippen LogP contribution in [0.2, 0.25) is 0 Å². The van der Waals surface area contributed by atoms with Crippen molar-refractivity contribution in [3.05, 3.63) is 52.8 Å². The predicted molar refractivity (Wildman–Crippen MR) is 98.6 cm³/mol. The van der Waals surface area contributed by atoms with Crippen LogP contribution in [0.15, 0.2) is 47.3 Å². The van der Waals surface area contributed by atoms with Gasteiger partial charge >= 0.3 is 12.4 Å². The van der Waals surface area contributed by atoms with E-state index in [4.69, 9.17) is 0 Å². The summed E-state index contributed by atoms with van der Waals surface area (Å²) >= 11 is 0. The number of carbonyl (C=O) groups is 1. The van der Waals surface area contributed by atoms with E-state index in [0.717, 1.165) is 12.5 Å². The Balaban J connectivity index is 1.77. The number of fused-ring (bicyclic) bond motifs is 1. The molecule has 0 bridgehead atoms. The second kappa shape index (κ2) is 7.67. The minimum Gasteiger partial charge on any atom is -0.404 e. The Bertz CT molecular complexity index is 1060. The van der Waals surface area contributed by atoms with Gasteiger partial charge in [0.15, 0.2) is 5.75 Å². The minimum atomic E-state index is -4.88. The van der Waals surface area contributed by atoms with E-state index in [1.54, 1.807) is 16.8 Å². The fraction of sp³-hybridized carbons (Fsp3) is 0.222. The van der Waals surface area contributed by atoms with Crippen molar-refractivity contribution in [3.63, 3.8) is 0 Å². The summed E-state index contributed by atoms with van der Waals surface area (Å²) in [6, 6.07) is 9.18. The molecule has 0 atom stereocenters. The van der Waals surface area contributed by atoms with Gasteiger partial charge in [0, 0.05) is 12.2 Å². The van der Waals surface area contributed by atoms with Crippen molar-refractivity contribution >= 4 is 28.3 Å². The molecule has 0 radical (unpaired) electrons. The molecule has 3 aromatic rings. The van der Waals surface area contributed by atoms with E-state index in [1.807, 2.05) is 6.92 Å². The van der Waals surface area contributed by atoms with Crippen LogP contribution >= 0.6 is 0 Å². The van der Waals surface area contributed by atoms with Gasteiger partial charge in [-0.3, -0.25) is 14.6 Å². The number of amides is 2. The highest BCUT2D eigenvalue weighted by atomic mass is 19.4. The highest BCUT2D eigenvalue weighted by molar-refractivity contribution is 6.01. The highest BCUT2D eigenvalue weighted by Gasteiger charge is 2.32. The summed E-state index contributed by atoms with van der Waals surface area (Å²) in [7, 11) is 0. The van der Waals surface area contributed by atoms with Gasteiger partial charge in [-0.25, -0.2) is 4.79 Å². The molecular formula is C18H17F3N4O3. The van der Waals surface area contributed by atoms with Gasteiger partial charge in [-0.05, 0) is 36.8 Å². The Morgan fingerprint density at radius 2 is 1.93 bits per heavy atom. The van der Waals surface area contributed by atoms with Crippen molar-refractivity contribution in [2.45, 2.75) is 26.3 Å². The third-order valence-corrected chi connectivity index (χ3v) is 3.83. The van der Waals surface area contributed by atoms with Gasteiger partial charge in [0.05, 0.1) is 16.6 Å². The fourth-order valence-electron chi connectivity index (χ4n) is 2.74. The number of urea groups is 1. The SMILES string of the molecule is CCCn1[nH]c(=O)c2cc(NC(=O)Nc3ccccc3OC(F)(F)F)ccc21. The number of anilines is 2. The van der Waals surface area contributed by atoms with Crippen LogP contribution in [0.25, 0.3) is 10.9 Å². The first-order valence-electron chi connectivity index (χ1n) is 8.42. The average Bonchev–Trinajstić information content (AvgIpc) is 2.91. The molecule has 3 N–H and O–H groups in total. The zero-order valence-corrected chi connectivity index (χ0v) is 14.8. The fourth-order valence-corrected chi connectivity index (χ4v) is 2.74. The van der Waals surface area contributed by atoms with Crippen LogP contribution in [0.4, 0.5) is 29.3 Å². The second-order valence-corrected chi connectivity index (χ2v) is 5.95. The average molecular weight is 394 g/mol. The van der Waals surface area contributed by atoms with E-state index in [9.17, 15) is 22.8 Å². The minimum absolute atomic E-state index is 0.148. The Kier molecular flexibility index (Phi) is 5.30. The molecule has 10 heteroatoms. The predicted octanol–water partition coefficient (Wildman–Crippen LogP) is 4.28. The number of nitrogens with one attached hydrogen (secondary N) is 3. The molecule has 1 aromatic heterocycles. The highest BCUT2D eigenvalue weighted by Crippen LogP contribution is 2.30. The van der Waals surface area contributed by atoms with Crippen molar-refractivity contribution in [2.24, 2.45) is 0 Å². The molecule has 0 saturated heterocycles. The Morgan fingerprint density at radius 3 is 2.64 bits per heavy atom. The molecule has 0 aliphatic heterocycles. The van der Waals surface area contributed by atoms with Gasteiger partial charge < -0.3 is 15.4 Å². The maximum atomic E-state index is 12.5. The zero-order chi connectivity index (χ0) is 20.3. The number of ether oxygens (including phenoxy) is 1. The molecule has 0 aliphatic rings. The van der Waals surface area contributed by atoms with Gasteiger partial charge in [-0.2, -0.15) is 0 Å². The number of aromatic nitrogens is 2. The number of alkyl halides is 3. The van der Waals surface area contributed by atoms with E-state index in [1.165, 1.54) is 24.3 Å². The number of halogens is 3. The molecule has 2 amide bonds. The van der Waals surface area contributed by atoms with Crippen LogP contribution < -0.4 is 20.9 Å². The van der Waals surface area contributed by atoms with Crippen LogP contribution in [0.1, 0.15) is 13.3 Å². The molecule has 0 unspecified atom stereocenters. The van der Waals surface area contributed by atoms with Gasteiger partial charge in [0.25, 0.3) is 5.56 Å². The molecular weight excluding hydrogens is 377 g/mol. The number of aryl methyl sites for hydroxylation is 1. The van der Waals surface area contributed by atoms with Crippen molar-refractivity contribution in [1.82, 2.24) is 9.78 Å². The van der Waals surface area contributed by atoms with Crippen molar-refractivity contribution in [3.8, 4) is 5.75 Å². The van der Waals surface area contributed by atoms with E-state index in [0.29, 0.717) is 23.1 Å². The summed E-state index contributed by atoms with van der Waals surface area (Å²) in [5.41, 5.74) is 0.572. The van der Waals surface area contributed by atoms with Crippen LogP contribution in [0, 0.1) is 0 Å². The largest absolute Gasteiger partial charge is 0.573 e. The van der Waals surface area contributed by atoms with Crippen molar-refractivity contribution in [2.75, 3.05) is 10.6 Å². The van der Waals surface area contributed by atoms with Crippen LogP contribution in [-0.4, -0.2) is 22.2 Å². The number of carbonyl (C=O) groups excluding carboxylic acids is 1. The Hall–Kier alpha value is -3.43. The van der Waals surface area contributed by atoms with Crippen LogP contribution in [-0.2, 0) is 6.54 Å². The molecule has 0 saturated carbocycles. The number of hydrogen-bond donors (Lipinski definition) is 3. The Morgan fingerprint density at radius 1 is 1.18 bits per heavy atom. The maximum Gasteiger partial charge on any atom is 0.573 e.